The van der Waals surface area contributed by atoms with Crippen molar-refractivity contribution < 1.29 is 35.4 Å². The van der Waals surface area contributed by atoms with E-state index >= 15 is 0 Å². The molecule has 0 bridgehead atoms. The summed E-state index contributed by atoms with van der Waals surface area (Å²) in [6.45, 7) is 0.0926. The number of amides is 1. The maximum absolute atomic E-state index is 11.0. The second-order valence-corrected chi connectivity index (χ2v) is 5.38. The Kier molecular flexibility index (Phi) is 8.11. The highest BCUT2D eigenvalue weighted by molar-refractivity contribution is 5.73. The van der Waals surface area contributed by atoms with Gasteiger partial charge in [0.05, 0.1) is 42.9 Å². The molecule has 0 spiro atoms. The van der Waals surface area contributed by atoms with Gasteiger partial charge in [-0.25, -0.2) is 0 Å². The quantitative estimate of drug-likeness (QED) is 0.241. The van der Waals surface area contributed by atoms with Crippen molar-refractivity contribution in [2.24, 2.45) is 0 Å². The van der Waals surface area contributed by atoms with Crippen LogP contribution < -0.4 is 5.32 Å². The van der Waals surface area contributed by atoms with E-state index in [-0.39, 0.29) is 12.1 Å². The smallest absolute Gasteiger partial charge is 0.217 e. The molecule has 1 amide bonds. The Morgan fingerprint density at radius 1 is 1.08 bits per heavy atom. The molecule has 0 unspecified atom stereocenters. The number of aromatic nitrogens is 2. The maximum Gasteiger partial charge on any atom is 0.217 e. The number of carbonyl (C=O) groups excluding carboxylic acids is 1. The molecule has 24 heavy (non-hydrogen) atoms. The molecule has 0 aliphatic heterocycles. The first-order valence-electron chi connectivity index (χ1n) is 7.32. The molecule has 7 N–H and O–H groups in total. The molecule has 0 saturated heterocycles. The summed E-state index contributed by atoms with van der Waals surface area (Å²) in [6.07, 6.45) is -3.37. The minimum atomic E-state index is -1.63. The molecular weight excluding hydrogens is 322 g/mol. The highest BCUT2D eigenvalue weighted by Crippen LogP contribution is 2.16. The second-order valence-electron chi connectivity index (χ2n) is 5.38. The first kappa shape index (κ1) is 20.4. The molecular formula is C14H23N3O7. The highest BCUT2D eigenvalue weighted by atomic mass is 16.4. The van der Waals surface area contributed by atoms with Gasteiger partial charge < -0.3 is 36.0 Å². The van der Waals surface area contributed by atoms with Crippen molar-refractivity contribution in [2.45, 2.75) is 43.8 Å². The van der Waals surface area contributed by atoms with E-state index in [4.69, 9.17) is 10.2 Å². The molecule has 1 rings (SSSR count). The molecule has 10 heteroatoms. The number of rotatable bonds is 9. The summed E-state index contributed by atoms with van der Waals surface area (Å²) in [5.74, 6) is -0.394. The lowest BCUT2D eigenvalue weighted by molar-refractivity contribution is -0.121. The van der Waals surface area contributed by atoms with Gasteiger partial charge >= 0.3 is 0 Å². The van der Waals surface area contributed by atoms with E-state index in [1.165, 1.54) is 13.1 Å². The third-order valence-corrected chi connectivity index (χ3v) is 3.40. The Morgan fingerprint density at radius 3 is 2.21 bits per heavy atom. The Balaban J connectivity index is 2.71. The van der Waals surface area contributed by atoms with Crippen LogP contribution in [0, 0.1) is 0 Å². The predicted molar refractivity (Wildman–Crippen MR) is 80.5 cm³/mol. The summed E-state index contributed by atoms with van der Waals surface area (Å²) in [6, 6.07) is -0.851. The summed E-state index contributed by atoms with van der Waals surface area (Å²) < 4.78 is 0. The number of carbonyl (C=O) groups is 1. The Morgan fingerprint density at radius 2 is 1.75 bits per heavy atom. The number of nitrogens with zero attached hydrogens (tertiary/aromatic N) is 2. The molecule has 5 atom stereocenters. The molecule has 10 nitrogen and oxygen atoms in total. The fourth-order valence-electron chi connectivity index (χ4n) is 2.00. The van der Waals surface area contributed by atoms with Gasteiger partial charge in [-0.05, 0) is 0 Å². The van der Waals surface area contributed by atoms with Crippen LogP contribution in [0.4, 0.5) is 0 Å². The summed E-state index contributed by atoms with van der Waals surface area (Å²) in [5.41, 5.74) is 0.313. The van der Waals surface area contributed by atoms with Crippen molar-refractivity contribution >= 4 is 5.91 Å². The standard InChI is InChI=1S/C14H23N3O7/c1-7(20)17-10(5-18)11(21)2-8-3-16-9(4-15-8)13(23)14(24)12(22)6-19/h3-4,10-14,18-19,21-24H,2,5-6H2,1H3,(H,17,20)/t10-,11-,12-,13-,14-/m1/s1. The van der Waals surface area contributed by atoms with Crippen LogP contribution in [0.3, 0.4) is 0 Å². The van der Waals surface area contributed by atoms with Crippen LogP contribution in [-0.4, -0.2) is 84.1 Å². The molecule has 0 aliphatic carbocycles. The third-order valence-electron chi connectivity index (χ3n) is 3.40. The molecule has 0 aliphatic rings. The van der Waals surface area contributed by atoms with Crippen molar-refractivity contribution in [1.29, 1.82) is 0 Å². The third kappa shape index (κ3) is 5.74. The minimum absolute atomic E-state index is 0.00327. The van der Waals surface area contributed by atoms with E-state index in [0.717, 1.165) is 6.20 Å². The van der Waals surface area contributed by atoms with Crippen LogP contribution in [0.5, 0.6) is 0 Å². The lowest BCUT2D eigenvalue weighted by Crippen LogP contribution is -2.46. The van der Waals surface area contributed by atoms with Gasteiger partial charge in [0.2, 0.25) is 5.91 Å². The predicted octanol–water partition coefficient (Wildman–Crippen LogP) is -3.38. The Bertz CT molecular complexity index is 514. The summed E-state index contributed by atoms with van der Waals surface area (Å²) >= 11 is 0. The molecule has 1 aromatic heterocycles. The van der Waals surface area contributed by atoms with Crippen LogP contribution in [0.25, 0.3) is 0 Å². The number of aliphatic hydroxyl groups is 6. The lowest BCUT2D eigenvalue weighted by atomic mass is 10.1. The molecule has 0 saturated carbocycles. The fraction of sp³-hybridized carbons (Fsp3) is 0.643. The van der Waals surface area contributed by atoms with Gasteiger partial charge in [0, 0.05) is 19.5 Å². The highest BCUT2D eigenvalue weighted by Gasteiger charge is 2.27. The molecule has 0 aromatic carbocycles. The average molecular weight is 345 g/mol. The van der Waals surface area contributed by atoms with E-state index in [9.17, 15) is 25.2 Å². The molecule has 1 aromatic rings. The van der Waals surface area contributed by atoms with E-state index in [2.05, 4.69) is 15.3 Å². The zero-order chi connectivity index (χ0) is 18.3. The Hall–Kier alpha value is -1.69. The topological polar surface area (TPSA) is 176 Å². The van der Waals surface area contributed by atoms with Gasteiger partial charge in [-0.1, -0.05) is 0 Å². The summed E-state index contributed by atoms with van der Waals surface area (Å²) in [5, 5.41) is 59.0. The molecule has 0 fully saturated rings. The van der Waals surface area contributed by atoms with Crippen LogP contribution in [-0.2, 0) is 11.2 Å². The van der Waals surface area contributed by atoms with Gasteiger partial charge in [0.25, 0.3) is 0 Å². The summed E-state index contributed by atoms with van der Waals surface area (Å²) in [4.78, 5) is 18.8. The average Bonchev–Trinajstić information content (AvgIpc) is 2.57. The van der Waals surface area contributed by atoms with E-state index in [1.807, 2.05) is 0 Å². The van der Waals surface area contributed by atoms with Crippen molar-refractivity contribution in [3.8, 4) is 0 Å². The largest absolute Gasteiger partial charge is 0.394 e. The van der Waals surface area contributed by atoms with E-state index in [1.54, 1.807) is 0 Å². The van der Waals surface area contributed by atoms with Gasteiger partial charge in [-0.2, -0.15) is 0 Å². The zero-order valence-corrected chi connectivity index (χ0v) is 13.1. The van der Waals surface area contributed by atoms with Crippen molar-refractivity contribution in [1.82, 2.24) is 15.3 Å². The van der Waals surface area contributed by atoms with Gasteiger partial charge in [0.15, 0.2) is 0 Å². The number of nitrogens with one attached hydrogen (secondary N) is 1. The van der Waals surface area contributed by atoms with Crippen LogP contribution in [0.1, 0.15) is 24.4 Å². The molecule has 1 heterocycles. The van der Waals surface area contributed by atoms with Gasteiger partial charge in [-0.15, -0.1) is 0 Å². The number of aliphatic hydroxyl groups excluding tert-OH is 6. The van der Waals surface area contributed by atoms with Crippen molar-refractivity contribution in [2.75, 3.05) is 13.2 Å². The normalized spacial score (nSPS) is 17.6. The van der Waals surface area contributed by atoms with Gasteiger partial charge in [-0.3, -0.25) is 14.8 Å². The first-order chi connectivity index (χ1) is 11.3. The zero-order valence-electron chi connectivity index (χ0n) is 13.1. The van der Waals surface area contributed by atoms with Crippen molar-refractivity contribution in [3.63, 3.8) is 0 Å². The summed E-state index contributed by atoms with van der Waals surface area (Å²) in [7, 11) is 0. The van der Waals surface area contributed by atoms with Crippen LogP contribution in [0.2, 0.25) is 0 Å². The number of hydrogen-bond donors (Lipinski definition) is 7. The fourth-order valence-corrected chi connectivity index (χ4v) is 2.00. The minimum Gasteiger partial charge on any atom is -0.394 e. The van der Waals surface area contributed by atoms with E-state index in [0.29, 0.717) is 5.69 Å². The lowest BCUT2D eigenvalue weighted by Gasteiger charge is -2.22. The molecule has 0 radical (unpaired) electrons. The van der Waals surface area contributed by atoms with Crippen LogP contribution in [0.15, 0.2) is 12.4 Å². The van der Waals surface area contributed by atoms with Crippen molar-refractivity contribution in [3.05, 3.63) is 23.8 Å². The second kappa shape index (κ2) is 9.57. The SMILES string of the molecule is CC(=O)N[C@H](CO)[C@H](O)Cc1cnc([C@@H](O)[C@H](O)[C@H](O)CO)cn1. The maximum atomic E-state index is 11.0. The van der Waals surface area contributed by atoms with Crippen LogP contribution >= 0.6 is 0 Å². The monoisotopic (exact) mass is 345 g/mol. The van der Waals surface area contributed by atoms with E-state index < -0.39 is 49.6 Å². The molecule has 136 valence electrons. The Labute approximate surface area is 138 Å². The first-order valence-corrected chi connectivity index (χ1v) is 7.32. The number of hydrogen-bond acceptors (Lipinski definition) is 9. The van der Waals surface area contributed by atoms with Gasteiger partial charge in [0.1, 0.15) is 18.3 Å².